The summed E-state index contributed by atoms with van der Waals surface area (Å²) in [6.07, 6.45) is -1.37. The molecule has 1 amide bonds. The molecule has 7 heteroatoms. The van der Waals surface area contributed by atoms with Gasteiger partial charge in [-0.15, -0.1) is 0 Å². The van der Waals surface area contributed by atoms with Gasteiger partial charge in [0.05, 0.1) is 5.52 Å². The molecule has 1 aliphatic carbocycles. The molecule has 32 heavy (non-hydrogen) atoms. The van der Waals surface area contributed by atoms with Gasteiger partial charge in [-0.05, 0) is 56.4 Å². The summed E-state index contributed by atoms with van der Waals surface area (Å²) in [5, 5.41) is 3.82. The Morgan fingerprint density at radius 1 is 1.03 bits per heavy atom. The van der Waals surface area contributed by atoms with Crippen LogP contribution < -0.4 is 10.2 Å². The van der Waals surface area contributed by atoms with Crippen molar-refractivity contribution in [1.29, 1.82) is 0 Å². The number of hydrogen-bond donors (Lipinski definition) is 1. The number of halogens is 3. The lowest BCUT2D eigenvalue weighted by atomic mass is 9.89. The van der Waals surface area contributed by atoms with Gasteiger partial charge in [-0.1, -0.05) is 36.4 Å². The summed E-state index contributed by atoms with van der Waals surface area (Å²) in [7, 11) is 1.85. The van der Waals surface area contributed by atoms with E-state index < -0.39 is 11.9 Å². The third kappa shape index (κ3) is 4.56. The van der Waals surface area contributed by atoms with Crippen molar-refractivity contribution < 1.29 is 18.0 Å². The Balaban J connectivity index is 1.48. The van der Waals surface area contributed by atoms with Crippen molar-refractivity contribution in [3.63, 3.8) is 0 Å². The monoisotopic (exact) mass is 441 g/mol. The number of rotatable bonds is 4. The zero-order chi connectivity index (χ0) is 22.9. The van der Waals surface area contributed by atoms with E-state index in [1.54, 1.807) is 12.1 Å². The van der Waals surface area contributed by atoms with Crippen molar-refractivity contribution in [2.24, 2.45) is 0 Å². The van der Waals surface area contributed by atoms with Crippen LogP contribution in [-0.4, -0.2) is 30.0 Å². The summed E-state index contributed by atoms with van der Waals surface area (Å²) < 4.78 is 40.3. The zero-order valence-corrected chi connectivity index (χ0v) is 18.1. The van der Waals surface area contributed by atoms with Gasteiger partial charge in [-0.25, -0.2) is 4.98 Å². The van der Waals surface area contributed by atoms with Gasteiger partial charge < -0.3 is 10.2 Å². The standard InChI is InChI=1S/C25H26F3N3O/c1-16-7-3-4-8-19(16)24(32)29-17-11-13-18(14-12-17)31(2)22-15-23(25(26,27)28)30-21-10-6-5-9-20(21)22/h3-10,15,17-18H,11-14H2,1-2H3,(H,29,32)/t17-,18+. The predicted octanol–water partition coefficient (Wildman–Crippen LogP) is 5.74. The van der Waals surface area contributed by atoms with E-state index in [1.165, 1.54) is 0 Å². The molecule has 0 atom stereocenters. The van der Waals surface area contributed by atoms with Gasteiger partial charge in [0.1, 0.15) is 5.69 Å². The number of carbonyl (C=O) groups excluding carboxylic acids is 1. The summed E-state index contributed by atoms with van der Waals surface area (Å²) in [6.45, 7) is 1.91. The number of benzene rings is 2. The van der Waals surface area contributed by atoms with Crippen LogP contribution >= 0.6 is 0 Å². The molecule has 0 aliphatic heterocycles. The number of para-hydroxylation sites is 1. The number of nitrogens with one attached hydrogen (secondary N) is 1. The number of anilines is 1. The van der Waals surface area contributed by atoms with Crippen LogP contribution in [0.1, 0.15) is 47.3 Å². The molecular formula is C25H26F3N3O. The second-order valence-corrected chi connectivity index (χ2v) is 8.45. The van der Waals surface area contributed by atoms with E-state index in [-0.39, 0.29) is 18.0 Å². The molecular weight excluding hydrogens is 415 g/mol. The Morgan fingerprint density at radius 3 is 2.38 bits per heavy atom. The average molecular weight is 441 g/mol. The van der Waals surface area contributed by atoms with E-state index in [1.807, 2.05) is 55.3 Å². The Morgan fingerprint density at radius 2 is 1.69 bits per heavy atom. The van der Waals surface area contributed by atoms with Crippen LogP contribution in [0.2, 0.25) is 0 Å². The molecule has 3 aromatic rings. The van der Waals surface area contributed by atoms with Gasteiger partial charge in [-0.3, -0.25) is 4.79 Å². The van der Waals surface area contributed by atoms with Crippen molar-refractivity contribution in [3.05, 3.63) is 71.4 Å². The number of carbonyl (C=O) groups is 1. The highest BCUT2D eigenvalue weighted by atomic mass is 19.4. The van der Waals surface area contributed by atoms with E-state index in [2.05, 4.69) is 10.3 Å². The maximum Gasteiger partial charge on any atom is 0.433 e. The third-order valence-electron chi connectivity index (χ3n) is 6.33. The molecule has 4 nitrogen and oxygen atoms in total. The van der Waals surface area contributed by atoms with Crippen LogP contribution in [0.3, 0.4) is 0 Å². The molecule has 1 heterocycles. The first kappa shape index (κ1) is 22.1. The minimum absolute atomic E-state index is 0.0617. The normalized spacial score (nSPS) is 19.0. The average Bonchev–Trinajstić information content (AvgIpc) is 2.78. The third-order valence-corrected chi connectivity index (χ3v) is 6.33. The van der Waals surface area contributed by atoms with Crippen LogP contribution in [-0.2, 0) is 6.18 Å². The Bertz CT molecular complexity index is 1120. The summed E-state index contributed by atoms with van der Waals surface area (Å²) in [5.74, 6) is -0.0742. The number of nitrogens with zero attached hydrogens (tertiary/aromatic N) is 2. The SMILES string of the molecule is Cc1ccccc1C(=O)N[C@H]1CC[C@@H](N(C)c2cc(C(F)(F)F)nc3ccccc23)CC1. The minimum Gasteiger partial charge on any atom is -0.371 e. The molecule has 0 radical (unpaired) electrons. The fourth-order valence-electron chi connectivity index (χ4n) is 4.49. The Labute approximate surface area is 185 Å². The quantitative estimate of drug-likeness (QED) is 0.562. The summed E-state index contributed by atoms with van der Waals surface area (Å²) in [6, 6.07) is 15.7. The van der Waals surface area contributed by atoms with Gasteiger partial charge in [0, 0.05) is 35.8 Å². The largest absolute Gasteiger partial charge is 0.433 e. The lowest BCUT2D eigenvalue weighted by molar-refractivity contribution is -0.140. The molecule has 1 fully saturated rings. The fourth-order valence-corrected chi connectivity index (χ4v) is 4.49. The number of hydrogen-bond acceptors (Lipinski definition) is 3. The van der Waals surface area contributed by atoms with Gasteiger partial charge in [0.25, 0.3) is 5.91 Å². The van der Waals surface area contributed by atoms with Gasteiger partial charge in [0.2, 0.25) is 0 Å². The molecule has 1 saturated carbocycles. The lowest BCUT2D eigenvalue weighted by Crippen LogP contribution is -2.43. The van der Waals surface area contributed by atoms with Crippen LogP contribution in [0.25, 0.3) is 10.9 Å². The van der Waals surface area contributed by atoms with Crippen molar-refractivity contribution in [1.82, 2.24) is 10.3 Å². The second-order valence-electron chi connectivity index (χ2n) is 8.45. The second kappa shape index (κ2) is 8.81. The van der Waals surface area contributed by atoms with E-state index in [0.717, 1.165) is 37.3 Å². The minimum atomic E-state index is -4.50. The van der Waals surface area contributed by atoms with Crippen LogP contribution in [0.4, 0.5) is 18.9 Å². The predicted molar refractivity (Wildman–Crippen MR) is 120 cm³/mol. The number of aryl methyl sites for hydroxylation is 1. The van der Waals surface area contributed by atoms with Gasteiger partial charge in [-0.2, -0.15) is 13.2 Å². The highest BCUT2D eigenvalue weighted by molar-refractivity contribution is 5.95. The molecule has 2 aromatic carbocycles. The number of aromatic nitrogens is 1. The first-order valence-corrected chi connectivity index (χ1v) is 10.8. The fraction of sp³-hybridized carbons (Fsp3) is 0.360. The van der Waals surface area contributed by atoms with Crippen molar-refractivity contribution in [3.8, 4) is 0 Å². The topological polar surface area (TPSA) is 45.2 Å². The molecule has 0 unspecified atom stereocenters. The molecule has 0 spiro atoms. The summed E-state index contributed by atoms with van der Waals surface area (Å²) in [4.78, 5) is 18.4. The number of fused-ring (bicyclic) bond motifs is 1. The van der Waals surface area contributed by atoms with E-state index in [9.17, 15) is 18.0 Å². The van der Waals surface area contributed by atoms with Crippen LogP contribution in [0.15, 0.2) is 54.6 Å². The Hall–Kier alpha value is -3.09. The van der Waals surface area contributed by atoms with Crippen LogP contribution in [0, 0.1) is 6.92 Å². The Kier molecular flexibility index (Phi) is 6.09. The molecule has 1 aliphatic rings. The van der Waals surface area contributed by atoms with Crippen molar-refractivity contribution >= 4 is 22.5 Å². The van der Waals surface area contributed by atoms with Crippen LogP contribution in [0.5, 0.6) is 0 Å². The van der Waals surface area contributed by atoms with Gasteiger partial charge in [0.15, 0.2) is 0 Å². The van der Waals surface area contributed by atoms with Gasteiger partial charge >= 0.3 is 6.18 Å². The van der Waals surface area contributed by atoms with Crippen molar-refractivity contribution in [2.75, 3.05) is 11.9 Å². The first-order valence-electron chi connectivity index (χ1n) is 10.8. The summed E-state index contributed by atoms with van der Waals surface area (Å²) in [5.41, 5.74) is 1.61. The molecule has 0 saturated heterocycles. The van der Waals surface area contributed by atoms with E-state index >= 15 is 0 Å². The maximum atomic E-state index is 13.4. The smallest absolute Gasteiger partial charge is 0.371 e. The number of pyridine rings is 1. The molecule has 0 bridgehead atoms. The van der Waals surface area contributed by atoms with E-state index in [4.69, 9.17) is 0 Å². The first-order chi connectivity index (χ1) is 15.2. The number of amides is 1. The molecule has 1 N–H and O–H groups in total. The summed E-state index contributed by atoms with van der Waals surface area (Å²) >= 11 is 0. The highest BCUT2D eigenvalue weighted by Gasteiger charge is 2.34. The zero-order valence-electron chi connectivity index (χ0n) is 18.1. The maximum absolute atomic E-state index is 13.4. The lowest BCUT2D eigenvalue weighted by Gasteiger charge is -2.37. The molecule has 168 valence electrons. The van der Waals surface area contributed by atoms with Crippen molar-refractivity contribution in [2.45, 2.75) is 50.9 Å². The molecule has 1 aromatic heterocycles. The highest BCUT2D eigenvalue weighted by Crippen LogP contribution is 2.36. The number of alkyl halides is 3. The van der Waals surface area contributed by atoms with E-state index in [0.29, 0.717) is 22.2 Å². The molecule has 4 rings (SSSR count).